The Hall–Kier alpha value is -2.95. The molecule has 1 heterocycles. The third-order valence-electron chi connectivity index (χ3n) is 4.74. The molecule has 1 saturated heterocycles. The van der Waals surface area contributed by atoms with Gasteiger partial charge in [0, 0.05) is 32.7 Å². The number of nitrogens with zero attached hydrogens (tertiary/aromatic N) is 2. The molecular formula is C21H26N2O7S. The first-order valence-corrected chi connectivity index (χ1v) is 11.0. The van der Waals surface area contributed by atoms with Gasteiger partial charge in [0.1, 0.15) is 5.75 Å². The molecule has 9 nitrogen and oxygen atoms in total. The van der Waals surface area contributed by atoms with Crippen molar-refractivity contribution < 1.29 is 33.0 Å². The highest BCUT2D eigenvalue weighted by Gasteiger charge is 2.28. The van der Waals surface area contributed by atoms with E-state index in [4.69, 9.17) is 24.5 Å². The molecule has 3 rings (SSSR count). The number of rotatable bonds is 5. The maximum absolute atomic E-state index is 12.7. The van der Waals surface area contributed by atoms with Crippen LogP contribution in [0.4, 0.5) is 0 Å². The van der Waals surface area contributed by atoms with Crippen molar-refractivity contribution in [3.05, 3.63) is 59.7 Å². The van der Waals surface area contributed by atoms with E-state index in [1.165, 1.54) is 5.56 Å². The minimum absolute atomic E-state index is 0.377. The summed E-state index contributed by atoms with van der Waals surface area (Å²) in [6.45, 7) is 5.28. The Bertz CT molecular complexity index is 969. The van der Waals surface area contributed by atoms with Crippen LogP contribution in [0.2, 0.25) is 0 Å². The molecule has 168 valence electrons. The lowest BCUT2D eigenvalue weighted by Crippen LogP contribution is -2.48. The summed E-state index contributed by atoms with van der Waals surface area (Å²) >= 11 is 0. The highest BCUT2D eigenvalue weighted by molar-refractivity contribution is 7.89. The van der Waals surface area contributed by atoms with Crippen LogP contribution in [0.15, 0.2) is 53.4 Å². The second kappa shape index (κ2) is 10.9. The van der Waals surface area contributed by atoms with E-state index in [1.807, 2.05) is 43.3 Å². The number of hydrogen-bond acceptors (Lipinski definition) is 6. The van der Waals surface area contributed by atoms with Gasteiger partial charge in [0.15, 0.2) is 0 Å². The van der Waals surface area contributed by atoms with Crippen LogP contribution in [0.3, 0.4) is 0 Å². The van der Waals surface area contributed by atoms with Crippen molar-refractivity contribution in [1.82, 2.24) is 9.21 Å². The predicted molar refractivity (Wildman–Crippen MR) is 113 cm³/mol. The van der Waals surface area contributed by atoms with E-state index < -0.39 is 22.0 Å². The topological polar surface area (TPSA) is 124 Å². The number of benzene rings is 2. The van der Waals surface area contributed by atoms with Gasteiger partial charge in [-0.1, -0.05) is 29.8 Å². The molecule has 0 saturated carbocycles. The fourth-order valence-corrected chi connectivity index (χ4v) is 4.40. The zero-order valence-corrected chi connectivity index (χ0v) is 18.2. The number of methoxy groups -OCH3 is 1. The van der Waals surface area contributed by atoms with Crippen LogP contribution in [0.25, 0.3) is 0 Å². The highest BCUT2D eigenvalue weighted by atomic mass is 32.2. The maximum atomic E-state index is 12.7. The first kappa shape index (κ1) is 24.3. The minimum Gasteiger partial charge on any atom is -0.497 e. The Kier molecular flexibility index (Phi) is 8.55. The zero-order valence-electron chi connectivity index (χ0n) is 17.4. The lowest BCUT2D eigenvalue weighted by Gasteiger charge is -2.34. The van der Waals surface area contributed by atoms with Gasteiger partial charge in [-0.3, -0.25) is 4.90 Å². The molecule has 0 aromatic heterocycles. The molecule has 0 radical (unpaired) electrons. The summed E-state index contributed by atoms with van der Waals surface area (Å²) in [7, 11) is -1.74. The number of aliphatic carboxylic acids is 2. The van der Waals surface area contributed by atoms with Crippen LogP contribution in [0, 0.1) is 6.92 Å². The van der Waals surface area contributed by atoms with E-state index in [2.05, 4.69) is 4.90 Å². The van der Waals surface area contributed by atoms with Crippen molar-refractivity contribution in [2.75, 3.05) is 33.3 Å². The van der Waals surface area contributed by atoms with Gasteiger partial charge in [-0.15, -0.1) is 0 Å². The Labute approximate surface area is 181 Å². The van der Waals surface area contributed by atoms with Gasteiger partial charge in [0.05, 0.1) is 12.0 Å². The van der Waals surface area contributed by atoms with Gasteiger partial charge in [-0.25, -0.2) is 18.0 Å². The fourth-order valence-electron chi connectivity index (χ4n) is 2.98. The maximum Gasteiger partial charge on any atom is 0.414 e. The zero-order chi connectivity index (χ0) is 23.0. The summed E-state index contributed by atoms with van der Waals surface area (Å²) in [6.07, 6.45) is 0. The van der Waals surface area contributed by atoms with Crippen LogP contribution >= 0.6 is 0 Å². The van der Waals surface area contributed by atoms with Crippen LogP contribution in [-0.2, 0) is 26.2 Å². The SMILES string of the molecule is COc1ccc(CN2CCN(S(=O)(=O)c3ccc(C)cc3)CC2)cc1.O=C(O)C(=O)O. The number of ether oxygens (including phenoxy) is 1. The van der Waals surface area contributed by atoms with Gasteiger partial charge in [0.2, 0.25) is 10.0 Å². The number of carbonyl (C=O) groups is 2. The Morgan fingerprint density at radius 2 is 1.42 bits per heavy atom. The second-order valence-electron chi connectivity index (χ2n) is 6.95. The normalized spacial score (nSPS) is 14.9. The van der Waals surface area contributed by atoms with Crippen molar-refractivity contribution in [2.24, 2.45) is 0 Å². The molecule has 2 N–H and O–H groups in total. The summed E-state index contributed by atoms with van der Waals surface area (Å²) in [5, 5.41) is 14.8. The van der Waals surface area contributed by atoms with Gasteiger partial charge in [-0.2, -0.15) is 4.31 Å². The molecule has 31 heavy (non-hydrogen) atoms. The van der Waals surface area contributed by atoms with Crippen LogP contribution in [-0.4, -0.2) is 73.1 Å². The van der Waals surface area contributed by atoms with E-state index in [0.717, 1.165) is 30.9 Å². The average Bonchev–Trinajstić information content (AvgIpc) is 2.75. The summed E-state index contributed by atoms with van der Waals surface area (Å²) in [5.41, 5.74) is 2.26. The van der Waals surface area contributed by atoms with E-state index in [0.29, 0.717) is 18.0 Å². The number of carboxylic acid groups (broad SMARTS) is 2. The molecule has 1 aliphatic rings. The summed E-state index contributed by atoms with van der Waals surface area (Å²) in [6, 6.07) is 15.1. The van der Waals surface area contributed by atoms with Gasteiger partial charge >= 0.3 is 11.9 Å². The van der Waals surface area contributed by atoms with Crippen molar-refractivity contribution in [3.8, 4) is 5.75 Å². The fraction of sp³-hybridized carbons (Fsp3) is 0.333. The summed E-state index contributed by atoms with van der Waals surface area (Å²) < 4.78 is 32.2. The van der Waals surface area contributed by atoms with E-state index >= 15 is 0 Å². The molecule has 10 heteroatoms. The quantitative estimate of drug-likeness (QED) is 0.659. The molecule has 2 aromatic rings. The van der Waals surface area contributed by atoms with Gasteiger partial charge in [0.25, 0.3) is 0 Å². The van der Waals surface area contributed by atoms with E-state index in [-0.39, 0.29) is 0 Å². The minimum atomic E-state index is -3.39. The van der Waals surface area contributed by atoms with Crippen molar-refractivity contribution in [2.45, 2.75) is 18.4 Å². The largest absolute Gasteiger partial charge is 0.497 e. The Morgan fingerprint density at radius 1 is 0.903 bits per heavy atom. The molecule has 2 aromatic carbocycles. The van der Waals surface area contributed by atoms with Crippen LogP contribution in [0.1, 0.15) is 11.1 Å². The van der Waals surface area contributed by atoms with Crippen molar-refractivity contribution >= 4 is 22.0 Å². The summed E-state index contributed by atoms with van der Waals surface area (Å²) in [5.74, 6) is -2.80. The Morgan fingerprint density at radius 3 is 1.87 bits per heavy atom. The molecule has 1 aliphatic heterocycles. The van der Waals surface area contributed by atoms with Crippen molar-refractivity contribution in [1.29, 1.82) is 0 Å². The first-order chi connectivity index (χ1) is 14.6. The van der Waals surface area contributed by atoms with Crippen LogP contribution in [0.5, 0.6) is 5.75 Å². The molecule has 0 spiro atoms. The van der Waals surface area contributed by atoms with E-state index in [9.17, 15) is 8.42 Å². The number of sulfonamides is 1. The standard InChI is InChI=1S/C19H24N2O3S.C2H2O4/c1-16-3-9-19(10-4-16)25(22,23)21-13-11-20(12-14-21)15-17-5-7-18(24-2)8-6-17;3-1(4)2(5)6/h3-10H,11-15H2,1-2H3;(H,3,4)(H,5,6). The first-order valence-electron chi connectivity index (χ1n) is 9.52. The summed E-state index contributed by atoms with van der Waals surface area (Å²) in [4.78, 5) is 20.9. The number of aryl methyl sites for hydroxylation is 1. The van der Waals surface area contributed by atoms with E-state index in [1.54, 1.807) is 23.5 Å². The number of hydrogen-bond donors (Lipinski definition) is 2. The van der Waals surface area contributed by atoms with Gasteiger partial charge < -0.3 is 14.9 Å². The molecule has 0 unspecified atom stereocenters. The molecule has 0 bridgehead atoms. The van der Waals surface area contributed by atoms with Gasteiger partial charge in [-0.05, 0) is 36.8 Å². The lowest BCUT2D eigenvalue weighted by molar-refractivity contribution is -0.159. The molecule has 0 amide bonds. The smallest absolute Gasteiger partial charge is 0.414 e. The monoisotopic (exact) mass is 450 g/mol. The highest BCUT2D eigenvalue weighted by Crippen LogP contribution is 2.19. The molecule has 0 atom stereocenters. The predicted octanol–water partition coefficient (Wildman–Crippen LogP) is 1.67. The Balaban J connectivity index is 0.000000501. The third kappa shape index (κ3) is 7.06. The molecule has 1 fully saturated rings. The molecule has 0 aliphatic carbocycles. The average molecular weight is 451 g/mol. The molecular weight excluding hydrogens is 424 g/mol. The third-order valence-corrected chi connectivity index (χ3v) is 6.65. The van der Waals surface area contributed by atoms with Crippen molar-refractivity contribution in [3.63, 3.8) is 0 Å². The number of carboxylic acids is 2. The lowest BCUT2D eigenvalue weighted by atomic mass is 10.2. The second-order valence-corrected chi connectivity index (χ2v) is 8.89. The van der Waals surface area contributed by atoms with Crippen LogP contribution < -0.4 is 4.74 Å². The number of piperazine rings is 1.